The number of benzene rings is 1. The molecule has 0 radical (unpaired) electrons. The van der Waals surface area contributed by atoms with Crippen LogP contribution in [0.4, 0.5) is 0 Å². The maximum Gasteiger partial charge on any atom is 0.187 e. The van der Waals surface area contributed by atoms with Crippen LogP contribution >= 0.6 is 11.6 Å². The normalized spacial score (nSPS) is 17.1. The molecule has 0 saturated heterocycles. The van der Waals surface area contributed by atoms with Gasteiger partial charge in [0.15, 0.2) is 5.90 Å². The molecule has 1 unspecified atom stereocenters. The number of allylic oxidation sites excluding steroid dienone is 4. The minimum absolute atomic E-state index is 0.318. The molecule has 3 heteroatoms. The lowest BCUT2D eigenvalue weighted by molar-refractivity contribution is 0.274. The number of halogens is 1. The van der Waals surface area contributed by atoms with Gasteiger partial charge in [0.25, 0.3) is 0 Å². The fraction of sp³-hybridized carbons (Fsp3) is 0.458. The molecule has 148 valence electrons. The molecule has 0 N–H and O–H groups in total. The first kappa shape index (κ1) is 23.2. The Hall–Kier alpha value is -1.80. The lowest BCUT2D eigenvalue weighted by Gasteiger charge is -2.14. The van der Waals surface area contributed by atoms with Gasteiger partial charge in [0.2, 0.25) is 0 Å². The summed E-state index contributed by atoms with van der Waals surface area (Å²) in [6, 6.07) is 8.43. The van der Waals surface area contributed by atoms with Crippen LogP contribution in [0.15, 0.2) is 66.7 Å². The van der Waals surface area contributed by atoms with Gasteiger partial charge in [-0.15, -0.1) is 6.58 Å². The van der Waals surface area contributed by atoms with Crippen molar-refractivity contribution in [3.05, 3.63) is 72.3 Å². The average molecular weight is 388 g/mol. The van der Waals surface area contributed by atoms with E-state index in [-0.39, 0.29) is 0 Å². The summed E-state index contributed by atoms with van der Waals surface area (Å²) < 4.78 is 5.84. The lowest BCUT2D eigenvalue weighted by Crippen LogP contribution is -2.15. The highest BCUT2D eigenvalue weighted by Gasteiger charge is 2.26. The van der Waals surface area contributed by atoms with E-state index >= 15 is 0 Å². The van der Waals surface area contributed by atoms with Gasteiger partial charge in [-0.25, -0.2) is 4.99 Å². The van der Waals surface area contributed by atoms with Gasteiger partial charge in [0.1, 0.15) is 6.61 Å². The zero-order valence-electron chi connectivity index (χ0n) is 17.0. The standard InChI is InChI=1S/C19H26ClNO.C5H8/c1-4-6-16(19-21-18(13-22-19)14(2)3)8-5-7-15-9-11-17(20)12-10-15;1-3-5-4-2/h4,9-12,14,16,18H,1,5-8,13H2,2-3H3;3-5H,1H2,2H3/b;5-4-/t16-,18?;/m0./s1. The number of hydrogen-bond donors (Lipinski definition) is 0. The van der Waals surface area contributed by atoms with Gasteiger partial charge in [-0.05, 0) is 56.2 Å². The fourth-order valence-corrected chi connectivity index (χ4v) is 2.98. The molecular formula is C24H34ClNO. The van der Waals surface area contributed by atoms with Crippen LogP contribution in [0.25, 0.3) is 0 Å². The number of hydrogen-bond acceptors (Lipinski definition) is 2. The zero-order chi connectivity index (χ0) is 20.1. The van der Waals surface area contributed by atoms with Crippen molar-refractivity contribution in [2.75, 3.05) is 6.61 Å². The van der Waals surface area contributed by atoms with Crippen LogP contribution in [0.3, 0.4) is 0 Å². The second-order valence-electron chi connectivity index (χ2n) is 7.09. The smallest absolute Gasteiger partial charge is 0.187 e. The van der Waals surface area contributed by atoms with E-state index in [9.17, 15) is 0 Å². The number of nitrogens with zero attached hydrogens (tertiary/aromatic N) is 1. The summed E-state index contributed by atoms with van der Waals surface area (Å²) in [4.78, 5) is 4.77. The molecule has 2 atom stereocenters. The summed E-state index contributed by atoms with van der Waals surface area (Å²) in [6.45, 7) is 14.4. The Morgan fingerprint density at radius 2 is 1.96 bits per heavy atom. The van der Waals surface area contributed by atoms with Crippen molar-refractivity contribution < 1.29 is 4.74 Å². The highest BCUT2D eigenvalue weighted by Crippen LogP contribution is 2.23. The molecule has 0 amide bonds. The summed E-state index contributed by atoms with van der Waals surface area (Å²) in [6.07, 6.45) is 11.7. The third-order valence-electron chi connectivity index (χ3n) is 4.52. The van der Waals surface area contributed by atoms with E-state index in [1.165, 1.54) is 5.56 Å². The maximum absolute atomic E-state index is 5.92. The van der Waals surface area contributed by atoms with Gasteiger partial charge in [-0.1, -0.05) is 68.5 Å². The molecular weight excluding hydrogens is 354 g/mol. The first-order valence-electron chi connectivity index (χ1n) is 9.81. The second-order valence-corrected chi connectivity index (χ2v) is 7.53. The third kappa shape index (κ3) is 9.10. The minimum Gasteiger partial charge on any atom is -0.478 e. The Labute approximate surface area is 170 Å². The molecule has 1 heterocycles. The number of aryl methyl sites for hydroxylation is 1. The lowest BCUT2D eigenvalue weighted by atomic mass is 9.96. The van der Waals surface area contributed by atoms with Crippen LogP contribution in [-0.2, 0) is 11.2 Å². The molecule has 1 aromatic carbocycles. The number of ether oxygens (including phenoxy) is 1. The Morgan fingerprint density at radius 3 is 2.44 bits per heavy atom. The average Bonchev–Trinajstić information content (AvgIpc) is 3.14. The summed E-state index contributed by atoms with van der Waals surface area (Å²) >= 11 is 5.92. The monoisotopic (exact) mass is 387 g/mol. The van der Waals surface area contributed by atoms with E-state index in [2.05, 4.69) is 39.1 Å². The summed E-state index contributed by atoms with van der Waals surface area (Å²) in [5.74, 6) is 1.85. The Bertz CT molecular complexity index is 616. The molecule has 1 aliphatic rings. The van der Waals surface area contributed by atoms with Crippen molar-refractivity contribution >= 4 is 17.5 Å². The van der Waals surface area contributed by atoms with Crippen LogP contribution in [0.1, 0.15) is 45.6 Å². The topological polar surface area (TPSA) is 21.6 Å². The molecule has 0 aromatic heterocycles. The summed E-state index contributed by atoms with van der Waals surface area (Å²) in [7, 11) is 0. The molecule has 2 nitrogen and oxygen atoms in total. The Morgan fingerprint density at radius 1 is 1.26 bits per heavy atom. The van der Waals surface area contributed by atoms with E-state index in [4.69, 9.17) is 21.3 Å². The summed E-state index contributed by atoms with van der Waals surface area (Å²) in [5, 5.41) is 0.793. The number of rotatable bonds is 9. The van der Waals surface area contributed by atoms with Crippen LogP contribution < -0.4 is 0 Å². The van der Waals surface area contributed by atoms with E-state index < -0.39 is 0 Å². The van der Waals surface area contributed by atoms with Crippen molar-refractivity contribution in [3.8, 4) is 0 Å². The van der Waals surface area contributed by atoms with Crippen LogP contribution in [-0.4, -0.2) is 18.5 Å². The van der Waals surface area contributed by atoms with E-state index in [1.807, 2.05) is 37.3 Å². The quantitative estimate of drug-likeness (QED) is 0.328. The highest BCUT2D eigenvalue weighted by molar-refractivity contribution is 6.30. The predicted octanol–water partition coefficient (Wildman–Crippen LogP) is 7.06. The van der Waals surface area contributed by atoms with Crippen molar-refractivity contribution in [1.82, 2.24) is 0 Å². The van der Waals surface area contributed by atoms with E-state index in [1.54, 1.807) is 6.08 Å². The van der Waals surface area contributed by atoms with Gasteiger partial charge in [-0.3, -0.25) is 0 Å². The Kier molecular flexibility index (Phi) is 11.5. The van der Waals surface area contributed by atoms with Crippen LogP contribution in [0.2, 0.25) is 5.02 Å². The van der Waals surface area contributed by atoms with Crippen molar-refractivity contribution in [3.63, 3.8) is 0 Å². The molecule has 0 fully saturated rings. The van der Waals surface area contributed by atoms with E-state index in [0.29, 0.717) is 17.9 Å². The van der Waals surface area contributed by atoms with E-state index in [0.717, 1.165) is 43.2 Å². The molecule has 0 bridgehead atoms. The van der Waals surface area contributed by atoms with Gasteiger partial charge < -0.3 is 4.74 Å². The highest BCUT2D eigenvalue weighted by atomic mass is 35.5. The third-order valence-corrected chi connectivity index (χ3v) is 4.78. The molecule has 27 heavy (non-hydrogen) atoms. The molecule has 1 aliphatic heterocycles. The van der Waals surface area contributed by atoms with Crippen LogP contribution in [0, 0.1) is 11.8 Å². The maximum atomic E-state index is 5.92. The molecule has 0 aliphatic carbocycles. The molecule has 1 aromatic rings. The molecule has 0 saturated carbocycles. The van der Waals surface area contributed by atoms with Gasteiger partial charge in [-0.2, -0.15) is 0 Å². The summed E-state index contributed by atoms with van der Waals surface area (Å²) in [5.41, 5.74) is 1.33. The zero-order valence-corrected chi connectivity index (χ0v) is 17.8. The minimum atomic E-state index is 0.318. The largest absolute Gasteiger partial charge is 0.478 e. The van der Waals surface area contributed by atoms with Crippen LogP contribution in [0.5, 0.6) is 0 Å². The number of aliphatic imine (C=N–C) groups is 1. The second kappa shape index (κ2) is 13.4. The van der Waals surface area contributed by atoms with Crippen molar-refractivity contribution in [1.29, 1.82) is 0 Å². The predicted molar refractivity (Wildman–Crippen MR) is 120 cm³/mol. The Balaban J connectivity index is 0.000000646. The van der Waals surface area contributed by atoms with Gasteiger partial charge in [0.05, 0.1) is 6.04 Å². The first-order chi connectivity index (χ1) is 13.0. The van der Waals surface area contributed by atoms with Crippen molar-refractivity contribution in [2.24, 2.45) is 16.8 Å². The fourth-order valence-electron chi connectivity index (χ4n) is 2.86. The first-order valence-corrected chi connectivity index (χ1v) is 10.2. The van der Waals surface area contributed by atoms with Crippen molar-refractivity contribution in [2.45, 2.75) is 52.5 Å². The van der Waals surface area contributed by atoms with Gasteiger partial charge >= 0.3 is 0 Å². The SMILES string of the molecule is C=C/C=C\C.C=CC[C@@H](CCCc1ccc(Cl)cc1)C1=NC(C(C)C)CO1. The van der Waals surface area contributed by atoms with Gasteiger partial charge in [0, 0.05) is 10.9 Å². The molecule has 2 rings (SSSR count). The molecule has 0 spiro atoms.